The molecule has 2 rings (SSSR count). The van der Waals surface area contributed by atoms with Gasteiger partial charge in [-0.2, -0.15) is 0 Å². The Morgan fingerprint density at radius 3 is 2.42 bits per heavy atom. The molecule has 0 bridgehead atoms. The number of carbonyl (C=O) groups is 2. The lowest BCUT2D eigenvalue weighted by atomic mass is 10.2. The predicted molar refractivity (Wildman–Crippen MR) is 91.8 cm³/mol. The molecule has 0 fully saturated rings. The van der Waals surface area contributed by atoms with E-state index < -0.39 is 0 Å². The fourth-order valence-electron chi connectivity index (χ4n) is 2.13. The minimum atomic E-state index is -0.381. The number of hydrogen-bond donors (Lipinski definition) is 1. The SMILES string of the molecule is COC(=O)c1ccc(NCC(=O)N(C)CCc2ccncc2)cc1. The molecule has 6 nitrogen and oxygen atoms in total. The van der Waals surface area contributed by atoms with Gasteiger partial charge in [0, 0.05) is 31.7 Å². The number of pyridine rings is 1. The molecule has 0 atom stereocenters. The van der Waals surface area contributed by atoms with Gasteiger partial charge in [0.05, 0.1) is 19.2 Å². The zero-order valence-corrected chi connectivity index (χ0v) is 13.9. The molecule has 0 saturated carbocycles. The van der Waals surface area contributed by atoms with E-state index >= 15 is 0 Å². The lowest BCUT2D eigenvalue weighted by Gasteiger charge is -2.18. The second-order valence-electron chi connectivity index (χ2n) is 5.34. The van der Waals surface area contributed by atoms with Crippen LogP contribution >= 0.6 is 0 Å². The van der Waals surface area contributed by atoms with Gasteiger partial charge in [-0.1, -0.05) is 0 Å². The first-order chi connectivity index (χ1) is 11.6. The van der Waals surface area contributed by atoms with Gasteiger partial charge in [-0.3, -0.25) is 9.78 Å². The van der Waals surface area contributed by atoms with E-state index in [0.29, 0.717) is 12.1 Å². The number of carbonyl (C=O) groups excluding carboxylic acids is 2. The molecule has 1 aromatic carbocycles. The molecule has 6 heteroatoms. The Morgan fingerprint density at radius 2 is 1.79 bits per heavy atom. The normalized spacial score (nSPS) is 10.1. The molecule has 1 amide bonds. The molecule has 0 saturated heterocycles. The average molecular weight is 327 g/mol. The smallest absolute Gasteiger partial charge is 0.337 e. The van der Waals surface area contributed by atoms with Gasteiger partial charge in [0.1, 0.15) is 0 Å². The van der Waals surface area contributed by atoms with Gasteiger partial charge in [0.25, 0.3) is 0 Å². The highest BCUT2D eigenvalue weighted by Crippen LogP contribution is 2.10. The molecule has 0 aliphatic heterocycles. The summed E-state index contributed by atoms with van der Waals surface area (Å²) in [6.45, 7) is 0.843. The van der Waals surface area contributed by atoms with Gasteiger partial charge in [0.15, 0.2) is 0 Å². The van der Waals surface area contributed by atoms with Crippen LogP contribution in [0.25, 0.3) is 0 Å². The molecular weight excluding hydrogens is 306 g/mol. The highest BCUT2D eigenvalue weighted by atomic mass is 16.5. The molecule has 0 unspecified atom stereocenters. The van der Waals surface area contributed by atoms with Crippen molar-refractivity contribution in [1.29, 1.82) is 0 Å². The van der Waals surface area contributed by atoms with Crippen molar-refractivity contribution in [3.63, 3.8) is 0 Å². The summed E-state index contributed by atoms with van der Waals surface area (Å²) in [6.07, 6.45) is 4.28. The maximum Gasteiger partial charge on any atom is 0.337 e. The van der Waals surface area contributed by atoms with Crippen LogP contribution < -0.4 is 5.32 Å². The first-order valence-corrected chi connectivity index (χ1v) is 7.65. The van der Waals surface area contributed by atoms with Crippen LogP contribution in [0, 0.1) is 0 Å². The van der Waals surface area contributed by atoms with Crippen molar-refractivity contribution in [2.75, 3.05) is 32.6 Å². The van der Waals surface area contributed by atoms with Crippen LogP contribution in [-0.2, 0) is 16.0 Å². The van der Waals surface area contributed by atoms with Crippen LogP contribution in [0.5, 0.6) is 0 Å². The molecule has 2 aromatic rings. The molecular formula is C18H21N3O3. The van der Waals surface area contributed by atoms with Crippen LogP contribution in [0.1, 0.15) is 15.9 Å². The minimum absolute atomic E-state index is 0.00102. The number of hydrogen-bond acceptors (Lipinski definition) is 5. The minimum Gasteiger partial charge on any atom is -0.465 e. The number of aromatic nitrogens is 1. The standard InChI is InChI=1S/C18H21N3O3/c1-21(12-9-14-7-10-19-11-8-14)17(22)13-20-16-5-3-15(4-6-16)18(23)24-2/h3-8,10-11,20H,9,12-13H2,1-2H3. The number of anilines is 1. The fraction of sp³-hybridized carbons (Fsp3) is 0.278. The topological polar surface area (TPSA) is 71.5 Å². The van der Waals surface area contributed by atoms with E-state index in [2.05, 4.69) is 15.0 Å². The van der Waals surface area contributed by atoms with Gasteiger partial charge in [0.2, 0.25) is 5.91 Å². The molecule has 0 spiro atoms. The number of nitrogens with one attached hydrogen (secondary N) is 1. The van der Waals surface area contributed by atoms with Gasteiger partial charge in [-0.15, -0.1) is 0 Å². The summed E-state index contributed by atoms with van der Waals surface area (Å²) < 4.78 is 4.65. The predicted octanol–water partition coefficient (Wildman–Crippen LogP) is 1.98. The van der Waals surface area contributed by atoms with Gasteiger partial charge >= 0.3 is 5.97 Å². The molecule has 0 aliphatic carbocycles. The molecule has 126 valence electrons. The summed E-state index contributed by atoms with van der Waals surface area (Å²) in [5.41, 5.74) is 2.40. The van der Waals surface area contributed by atoms with Crippen LogP contribution in [0.2, 0.25) is 0 Å². The van der Waals surface area contributed by atoms with Gasteiger partial charge in [-0.05, 0) is 48.4 Å². The number of esters is 1. The lowest BCUT2D eigenvalue weighted by Crippen LogP contribution is -2.33. The fourth-order valence-corrected chi connectivity index (χ4v) is 2.13. The maximum absolute atomic E-state index is 12.1. The van der Waals surface area contributed by atoms with Crippen LogP contribution in [0.3, 0.4) is 0 Å². The van der Waals surface area contributed by atoms with Crippen molar-refractivity contribution >= 4 is 17.6 Å². The molecule has 1 heterocycles. The molecule has 0 radical (unpaired) electrons. The number of nitrogens with zero attached hydrogens (tertiary/aromatic N) is 2. The molecule has 1 N–H and O–H groups in total. The van der Waals surface area contributed by atoms with E-state index in [1.807, 2.05) is 12.1 Å². The summed E-state index contributed by atoms with van der Waals surface area (Å²) in [5, 5.41) is 3.05. The number of methoxy groups -OCH3 is 1. The Morgan fingerprint density at radius 1 is 1.12 bits per heavy atom. The van der Waals surface area contributed by atoms with Crippen molar-refractivity contribution in [1.82, 2.24) is 9.88 Å². The summed E-state index contributed by atoms with van der Waals surface area (Å²) in [6, 6.07) is 10.7. The zero-order valence-electron chi connectivity index (χ0n) is 13.9. The Bertz CT molecular complexity index is 672. The quantitative estimate of drug-likeness (QED) is 0.787. The Hall–Kier alpha value is -2.89. The Balaban J connectivity index is 1.78. The third kappa shape index (κ3) is 5.08. The van der Waals surface area contributed by atoms with Crippen molar-refractivity contribution in [3.8, 4) is 0 Å². The second kappa shape index (κ2) is 8.67. The third-order valence-electron chi connectivity index (χ3n) is 3.66. The third-order valence-corrected chi connectivity index (χ3v) is 3.66. The highest BCUT2D eigenvalue weighted by Gasteiger charge is 2.09. The van der Waals surface area contributed by atoms with E-state index in [1.165, 1.54) is 7.11 Å². The number of rotatable bonds is 7. The Labute approximate surface area is 141 Å². The first-order valence-electron chi connectivity index (χ1n) is 7.65. The van der Waals surface area contributed by atoms with E-state index in [1.54, 1.807) is 48.6 Å². The average Bonchev–Trinajstić information content (AvgIpc) is 2.64. The van der Waals surface area contributed by atoms with Gasteiger partial charge < -0.3 is 15.0 Å². The number of benzene rings is 1. The first kappa shape index (κ1) is 17.5. The molecule has 24 heavy (non-hydrogen) atoms. The zero-order chi connectivity index (χ0) is 17.4. The van der Waals surface area contributed by atoms with E-state index in [9.17, 15) is 9.59 Å². The summed E-state index contributed by atoms with van der Waals surface area (Å²) in [4.78, 5) is 29.2. The van der Waals surface area contributed by atoms with Gasteiger partial charge in [-0.25, -0.2) is 4.79 Å². The summed E-state index contributed by atoms with van der Waals surface area (Å²) >= 11 is 0. The van der Waals surface area contributed by atoms with Crippen molar-refractivity contribution in [2.45, 2.75) is 6.42 Å². The van der Waals surface area contributed by atoms with E-state index in [0.717, 1.165) is 17.7 Å². The van der Waals surface area contributed by atoms with Crippen LogP contribution in [-0.4, -0.2) is 49.0 Å². The second-order valence-corrected chi connectivity index (χ2v) is 5.34. The lowest BCUT2D eigenvalue weighted by molar-refractivity contribution is -0.127. The molecule has 1 aromatic heterocycles. The van der Waals surface area contributed by atoms with E-state index in [-0.39, 0.29) is 18.4 Å². The largest absolute Gasteiger partial charge is 0.465 e. The monoisotopic (exact) mass is 327 g/mol. The summed E-state index contributed by atoms with van der Waals surface area (Å²) in [7, 11) is 3.13. The highest BCUT2D eigenvalue weighted by molar-refractivity contribution is 5.89. The van der Waals surface area contributed by atoms with Crippen molar-refractivity contribution < 1.29 is 14.3 Å². The number of ether oxygens (including phenoxy) is 1. The number of amides is 1. The van der Waals surface area contributed by atoms with Crippen LogP contribution in [0.4, 0.5) is 5.69 Å². The number of likely N-dealkylation sites (N-methyl/N-ethyl adjacent to an activating group) is 1. The van der Waals surface area contributed by atoms with E-state index in [4.69, 9.17) is 0 Å². The summed E-state index contributed by atoms with van der Waals surface area (Å²) in [5.74, 6) is -0.380. The van der Waals surface area contributed by atoms with Crippen molar-refractivity contribution in [2.24, 2.45) is 0 Å². The van der Waals surface area contributed by atoms with Crippen molar-refractivity contribution in [3.05, 3.63) is 59.9 Å². The van der Waals surface area contributed by atoms with Crippen LogP contribution in [0.15, 0.2) is 48.8 Å². The molecule has 0 aliphatic rings. The maximum atomic E-state index is 12.1. The Kier molecular flexibility index (Phi) is 6.31.